The zero-order chi connectivity index (χ0) is 22.2. The molecule has 0 spiro atoms. The van der Waals surface area contributed by atoms with E-state index in [1.165, 1.54) is 19.1 Å². The quantitative estimate of drug-likeness (QED) is 0.486. The van der Waals surface area contributed by atoms with Gasteiger partial charge in [-0.1, -0.05) is 6.07 Å². The van der Waals surface area contributed by atoms with E-state index in [0.717, 1.165) is 46.1 Å². The lowest BCUT2D eigenvalue weighted by Crippen LogP contribution is -2.26. The minimum Gasteiger partial charge on any atom is -0.383 e. The van der Waals surface area contributed by atoms with E-state index in [-0.39, 0.29) is 22.9 Å². The second-order valence-corrected chi connectivity index (χ2v) is 8.75. The first-order chi connectivity index (χ1) is 15.5. The van der Waals surface area contributed by atoms with Crippen LogP contribution in [0, 0.1) is 18.6 Å². The first-order valence-electron chi connectivity index (χ1n) is 10.2. The van der Waals surface area contributed by atoms with Crippen LogP contribution in [0.2, 0.25) is 0 Å². The summed E-state index contributed by atoms with van der Waals surface area (Å²) in [6.07, 6.45) is 5.62. The van der Waals surface area contributed by atoms with Crippen LogP contribution in [0.15, 0.2) is 30.6 Å². The molecule has 0 amide bonds. The summed E-state index contributed by atoms with van der Waals surface area (Å²) in [5.74, 6) is -1.18. The summed E-state index contributed by atoms with van der Waals surface area (Å²) in [6, 6.07) is 4.69. The fourth-order valence-corrected chi connectivity index (χ4v) is 4.85. The summed E-state index contributed by atoms with van der Waals surface area (Å²) >= 11 is 1.62. The van der Waals surface area contributed by atoms with Gasteiger partial charge < -0.3 is 11.1 Å². The van der Waals surface area contributed by atoms with Crippen molar-refractivity contribution in [3.63, 3.8) is 0 Å². The minimum absolute atomic E-state index is 0.108. The van der Waals surface area contributed by atoms with Crippen LogP contribution in [-0.2, 0) is 0 Å². The number of halogens is 2. The zero-order valence-electron chi connectivity index (χ0n) is 17.2. The van der Waals surface area contributed by atoms with Crippen molar-refractivity contribution >= 4 is 17.2 Å². The molecule has 0 aliphatic carbocycles. The summed E-state index contributed by atoms with van der Waals surface area (Å²) in [7, 11) is 0. The molecular formula is C21H20F2N8S. The van der Waals surface area contributed by atoms with Gasteiger partial charge in [0.25, 0.3) is 0 Å². The third kappa shape index (κ3) is 3.63. The van der Waals surface area contributed by atoms with Crippen molar-refractivity contribution < 1.29 is 8.78 Å². The molecule has 1 saturated heterocycles. The second-order valence-electron chi connectivity index (χ2n) is 7.69. The maximum atomic E-state index is 14.6. The summed E-state index contributed by atoms with van der Waals surface area (Å²) in [4.78, 5) is 9.86. The molecule has 0 radical (unpaired) electrons. The van der Waals surface area contributed by atoms with Crippen molar-refractivity contribution in [2.24, 2.45) is 0 Å². The standard InChI is InChI=1S/C21H20F2N8S/c1-11-2-3-15(18(23)17(11)22)31-20(28-29-30-31)14-8-13(9-26-19(14)24)16-10-27-21(32-16)12-4-6-25-7-5-12/h2-3,8-10,12,25H,4-7H2,1H3,(H2,24,26). The van der Waals surface area contributed by atoms with Crippen LogP contribution in [0.25, 0.3) is 27.5 Å². The van der Waals surface area contributed by atoms with E-state index < -0.39 is 11.6 Å². The number of piperidine rings is 1. The van der Waals surface area contributed by atoms with Crippen LogP contribution in [0.4, 0.5) is 14.6 Å². The van der Waals surface area contributed by atoms with E-state index in [2.05, 4.69) is 30.8 Å². The van der Waals surface area contributed by atoms with E-state index in [1.807, 2.05) is 6.20 Å². The zero-order valence-corrected chi connectivity index (χ0v) is 18.0. The lowest BCUT2D eigenvalue weighted by atomic mass is 9.99. The largest absolute Gasteiger partial charge is 0.383 e. The molecule has 11 heteroatoms. The monoisotopic (exact) mass is 454 g/mol. The van der Waals surface area contributed by atoms with Crippen molar-refractivity contribution in [2.45, 2.75) is 25.7 Å². The van der Waals surface area contributed by atoms with Crippen molar-refractivity contribution in [3.8, 4) is 27.5 Å². The second kappa shape index (κ2) is 8.32. The Morgan fingerprint density at radius 1 is 1.12 bits per heavy atom. The van der Waals surface area contributed by atoms with E-state index >= 15 is 0 Å². The van der Waals surface area contributed by atoms with Gasteiger partial charge in [0.15, 0.2) is 17.5 Å². The van der Waals surface area contributed by atoms with Gasteiger partial charge in [0.1, 0.15) is 11.5 Å². The molecule has 32 heavy (non-hydrogen) atoms. The highest BCUT2D eigenvalue weighted by atomic mass is 32.1. The number of hydrogen-bond acceptors (Lipinski definition) is 8. The van der Waals surface area contributed by atoms with Gasteiger partial charge in [-0.15, -0.1) is 16.4 Å². The fraction of sp³-hybridized carbons (Fsp3) is 0.286. The molecule has 1 fully saturated rings. The SMILES string of the molecule is Cc1ccc(-n2nnnc2-c2cc(-c3cnc(C4CCNCC4)s3)cnc2N)c(F)c1F. The first-order valence-corrected chi connectivity index (χ1v) is 11.0. The van der Waals surface area contributed by atoms with Crippen molar-refractivity contribution in [1.82, 2.24) is 35.5 Å². The highest BCUT2D eigenvalue weighted by Gasteiger charge is 2.22. The Labute approximate surface area is 186 Å². The smallest absolute Gasteiger partial charge is 0.190 e. The predicted octanol–water partition coefficient (Wildman–Crippen LogP) is 3.48. The van der Waals surface area contributed by atoms with Gasteiger partial charge in [0.2, 0.25) is 0 Å². The number of tetrazole rings is 1. The van der Waals surface area contributed by atoms with Gasteiger partial charge in [0.05, 0.1) is 15.4 Å². The minimum atomic E-state index is -1.03. The number of hydrogen-bond donors (Lipinski definition) is 2. The summed E-state index contributed by atoms with van der Waals surface area (Å²) in [6.45, 7) is 3.47. The van der Waals surface area contributed by atoms with Gasteiger partial charge in [-0.05, 0) is 61.0 Å². The van der Waals surface area contributed by atoms with Crippen LogP contribution in [0.1, 0.15) is 29.3 Å². The van der Waals surface area contributed by atoms with Crippen LogP contribution in [-0.4, -0.2) is 43.3 Å². The lowest BCUT2D eigenvalue weighted by molar-refractivity contribution is 0.459. The average molecular weight is 455 g/mol. The molecule has 3 aromatic heterocycles. The molecule has 0 bridgehead atoms. The third-order valence-corrected chi connectivity index (χ3v) is 6.82. The number of aromatic nitrogens is 6. The van der Waals surface area contributed by atoms with Gasteiger partial charge in [0, 0.05) is 23.9 Å². The van der Waals surface area contributed by atoms with Crippen molar-refractivity contribution in [2.75, 3.05) is 18.8 Å². The van der Waals surface area contributed by atoms with Crippen LogP contribution in [0.3, 0.4) is 0 Å². The number of nitrogens with two attached hydrogens (primary N) is 1. The molecule has 0 unspecified atom stereocenters. The number of benzene rings is 1. The molecular weight excluding hydrogens is 434 g/mol. The number of nitrogens with zero attached hydrogens (tertiary/aromatic N) is 6. The topological polar surface area (TPSA) is 107 Å². The van der Waals surface area contributed by atoms with E-state index in [0.29, 0.717) is 11.5 Å². The number of aryl methyl sites for hydroxylation is 1. The number of pyridine rings is 1. The number of rotatable bonds is 4. The molecule has 1 aliphatic rings. The molecule has 0 atom stereocenters. The van der Waals surface area contributed by atoms with Gasteiger partial charge in [-0.25, -0.2) is 18.7 Å². The molecule has 164 valence electrons. The summed E-state index contributed by atoms with van der Waals surface area (Å²) in [5, 5.41) is 16.0. The van der Waals surface area contributed by atoms with Crippen molar-refractivity contribution in [3.05, 3.63) is 52.8 Å². The number of nitrogen functional groups attached to an aromatic ring is 1. The maximum Gasteiger partial charge on any atom is 0.190 e. The van der Waals surface area contributed by atoms with Gasteiger partial charge in [-0.3, -0.25) is 0 Å². The Morgan fingerprint density at radius 2 is 1.94 bits per heavy atom. The van der Waals surface area contributed by atoms with Crippen LogP contribution >= 0.6 is 11.3 Å². The Bertz CT molecular complexity index is 1280. The number of thiazole rings is 1. The molecule has 3 N–H and O–H groups in total. The van der Waals surface area contributed by atoms with Gasteiger partial charge >= 0.3 is 0 Å². The molecule has 4 heterocycles. The van der Waals surface area contributed by atoms with E-state index in [4.69, 9.17) is 5.73 Å². The molecule has 1 aliphatic heterocycles. The van der Waals surface area contributed by atoms with E-state index in [9.17, 15) is 8.78 Å². The highest BCUT2D eigenvalue weighted by Crippen LogP contribution is 2.36. The molecule has 4 aromatic rings. The third-order valence-electron chi connectivity index (χ3n) is 5.61. The Kier molecular flexibility index (Phi) is 5.35. The van der Waals surface area contributed by atoms with Gasteiger partial charge in [-0.2, -0.15) is 4.68 Å². The molecule has 1 aromatic carbocycles. The highest BCUT2D eigenvalue weighted by molar-refractivity contribution is 7.15. The molecule has 0 saturated carbocycles. The van der Waals surface area contributed by atoms with E-state index in [1.54, 1.807) is 23.6 Å². The first kappa shape index (κ1) is 20.6. The van der Waals surface area contributed by atoms with Crippen LogP contribution in [0.5, 0.6) is 0 Å². The molecule has 5 rings (SSSR count). The Morgan fingerprint density at radius 3 is 2.75 bits per heavy atom. The summed E-state index contributed by atoms with van der Waals surface area (Å²) in [5.41, 5.74) is 7.42. The predicted molar refractivity (Wildman–Crippen MR) is 117 cm³/mol. The maximum absolute atomic E-state index is 14.6. The average Bonchev–Trinajstić information content (AvgIpc) is 3.49. The normalized spacial score (nSPS) is 14.7. The number of anilines is 1. The Hall–Kier alpha value is -3.31. The van der Waals surface area contributed by atoms with Crippen molar-refractivity contribution in [1.29, 1.82) is 0 Å². The summed E-state index contributed by atoms with van der Waals surface area (Å²) < 4.78 is 29.9. The lowest BCUT2D eigenvalue weighted by Gasteiger charge is -2.20. The van der Waals surface area contributed by atoms with Crippen LogP contribution < -0.4 is 11.1 Å². The number of nitrogens with one attached hydrogen (secondary N) is 1. The fourth-order valence-electron chi connectivity index (χ4n) is 3.78. The Balaban J connectivity index is 1.53. The molecule has 8 nitrogen and oxygen atoms in total.